The van der Waals surface area contributed by atoms with Crippen molar-refractivity contribution in [2.24, 2.45) is 0 Å². The van der Waals surface area contributed by atoms with E-state index < -0.39 is 0 Å². The first kappa shape index (κ1) is 18.6. The number of rotatable bonds is 5. The van der Waals surface area contributed by atoms with Gasteiger partial charge in [0, 0.05) is 34.2 Å². The van der Waals surface area contributed by atoms with E-state index in [1.165, 1.54) is 11.3 Å². The monoisotopic (exact) mass is 404 g/mol. The van der Waals surface area contributed by atoms with Crippen molar-refractivity contribution in [3.8, 4) is 10.8 Å². The number of carbonyl (C=O) groups excluding carboxylic acids is 2. The number of hydrogen-bond donors (Lipinski definition) is 2. The van der Waals surface area contributed by atoms with Crippen molar-refractivity contribution in [1.29, 1.82) is 0 Å². The molecule has 2 amide bonds. The van der Waals surface area contributed by atoms with Gasteiger partial charge in [-0.2, -0.15) is 0 Å². The molecule has 0 aliphatic rings. The molecule has 0 saturated heterocycles. The van der Waals surface area contributed by atoms with Crippen molar-refractivity contribution >= 4 is 34.5 Å². The minimum atomic E-state index is -0.344. The molecule has 0 atom stereocenters. The van der Waals surface area contributed by atoms with Crippen LogP contribution in [0.1, 0.15) is 25.7 Å². The van der Waals surface area contributed by atoms with Gasteiger partial charge >= 0.3 is 0 Å². The van der Waals surface area contributed by atoms with Gasteiger partial charge in [-0.15, -0.1) is 11.3 Å². The zero-order valence-corrected chi connectivity index (χ0v) is 16.2. The van der Waals surface area contributed by atoms with Crippen LogP contribution in [0, 0.1) is 6.92 Å². The van der Waals surface area contributed by atoms with Gasteiger partial charge in [-0.3, -0.25) is 14.6 Å². The first-order chi connectivity index (χ1) is 14.1. The lowest BCUT2D eigenvalue weighted by Gasteiger charge is -2.08. The smallest absolute Gasteiger partial charge is 0.275 e. The summed E-state index contributed by atoms with van der Waals surface area (Å²) < 4.78 is 5.34. The van der Waals surface area contributed by atoms with E-state index in [2.05, 4.69) is 20.6 Å². The molecule has 0 aliphatic heterocycles. The first-order valence-electron chi connectivity index (χ1n) is 8.74. The lowest BCUT2D eigenvalue weighted by Crippen LogP contribution is -2.15. The van der Waals surface area contributed by atoms with Crippen LogP contribution in [0.3, 0.4) is 0 Å². The number of nitrogens with zero attached hydrogens (tertiary/aromatic N) is 2. The standard InChI is InChI=1S/C21H16N4O3S/c1-13-18(25-21(29-13)17-6-3-11-28-17)20(27)24-16-5-2-4-14(12-16)19(26)23-15-7-9-22-10-8-15/h2-12H,1H3,(H,24,27)(H,22,23,26). The highest BCUT2D eigenvalue weighted by Crippen LogP contribution is 2.28. The molecule has 4 rings (SSSR count). The van der Waals surface area contributed by atoms with E-state index in [-0.39, 0.29) is 11.8 Å². The maximum absolute atomic E-state index is 12.7. The van der Waals surface area contributed by atoms with Crippen molar-refractivity contribution in [1.82, 2.24) is 9.97 Å². The fraction of sp³-hybridized carbons (Fsp3) is 0.0476. The molecule has 0 saturated carbocycles. The van der Waals surface area contributed by atoms with E-state index in [1.54, 1.807) is 67.2 Å². The Balaban J connectivity index is 1.49. The highest BCUT2D eigenvalue weighted by molar-refractivity contribution is 7.15. The van der Waals surface area contributed by atoms with Crippen LogP contribution in [0.25, 0.3) is 10.8 Å². The quantitative estimate of drug-likeness (QED) is 0.506. The normalized spacial score (nSPS) is 10.5. The van der Waals surface area contributed by atoms with Crippen LogP contribution < -0.4 is 10.6 Å². The van der Waals surface area contributed by atoms with Gasteiger partial charge in [0.25, 0.3) is 11.8 Å². The number of anilines is 2. The summed E-state index contributed by atoms with van der Waals surface area (Å²) in [4.78, 5) is 34.2. The van der Waals surface area contributed by atoms with E-state index in [9.17, 15) is 9.59 Å². The van der Waals surface area contributed by atoms with Gasteiger partial charge in [0.1, 0.15) is 5.69 Å². The maximum Gasteiger partial charge on any atom is 0.275 e. The molecule has 144 valence electrons. The maximum atomic E-state index is 12.7. The summed E-state index contributed by atoms with van der Waals surface area (Å²) in [5.74, 6) is -0.00702. The van der Waals surface area contributed by atoms with Gasteiger partial charge < -0.3 is 15.1 Å². The summed E-state index contributed by atoms with van der Waals surface area (Å²) in [5, 5.41) is 6.23. The molecule has 4 aromatic rings. The molecular weight excluding hydrogens is 388 g/mol. The number of carbonyl (C=O) groups is 2. The highest BCUT2D eigenvalue weighted by atomic mass is 32.1. The van der Waals surface area contributed by atoms with Crippen molar-refractivity contribution in [3.05, 3.63) is 83.3 Å². The largest absolute Gasteiger partial charge is 0.462 e. The fourth-order valence-electron chi connectivity index (χ4n) is 2.68. The molecule has 29 heavy (non-hydrogen) atoms. The number of nitrogens with one attached hydrogen (secondary N) is 2. The first-order valence-corrected chi connectivity index (χ1v) is 9.56. The number of aryl methyl sites for hydroxylation is 1. The van der Waals surface area contributed by atoms with E-state index in [0.29, 0.717) is 33.4 Å². The summed E-state index contributed by atoms with van der Waals surface area (Å²) in [5.41, 5.74) is 1.89. The predicted molar refractivity (Wildman–Crippen MR) is 111 cm³/mol. The summed E-state index contributed by atoms with van der Waals surface area (Å²) in [7, 11) is 0. The molecule has 0 bridgehead atoms. The van der Waals surface area contributed by atoms with Gasteiger partial charge in [-0.05, 0) is 49.4 Å². The van der Waals surface area contributed by atoms with Crippen molar-refractivity contribution in [2.45, 2.75) is 6.92 Å². The average molecular weight is 404 g/mol. The topological polar surface area (TPSA) is 97.1 Å². The summed E-state index contributed by atoms with van der Waals surface area (Å²) in [6.45, 7) is 1.83. The Labute approximate surface area is 170 Å². The Morgan fingerprint density at radius 1 is 0.966 bits per heavy atom. The van der Waals surface area contributed by atoms with Gasteiger partial charge in [0.15, 0.2) is 10.8 Å². The molecule has 0 aliphatic carbocycles. The van der Waals surface area contributed by atoms with Gasteiger partial charge in [-0.1, -0.05) is 6.07 Å². The van der Waals surface area contributed by atoms with Crippen LogP contribution >= 0.6 is 11.3 Å². The lowest BCUT2D eigenvalue weighted by atomic mass is 10.1. The van der Waals surface area contributed by atoms with Crippen LogP contribution in [0.5, 0.6) is 0 Å². The Morgan fingerprint density at radius 3 is 2.52 bits per heavy atom. The third kappa shape index (κ3) is 4.22. The Hall–Kier alpha value is -3.78. The molecule has 0 fully saturated rings. The zero-order valence-electron chi connectivity index (χ0n) is 15.4. The van der Waals surface area contributed by atoms with Crippen LogP contribution in [0.15, 0.2) is 71.6 Å². The second kappa shape index (κ2) is 8.07. The molecule has 1 aromatic carbocycles. The third-order valence-corrected chi connectivity index (χ3v) is 5.05. The number of benzene rings is 1. The van der Waals surface area contributed by atoms with E-state index in [1.807, 2.05) is 6.92 Å². The predicted octanol–water partition coefficient (Wildman–Crippen LogP) is 4.61. The summed E-state index contributed by atoms with van der Waals surface area (Å²) >= 11 is 1.39. The molecule has 0 spiro atoms. The van der Waals surface area contributed by atoms with E-state index in [4.69, 9.17) is 4.42 Å². The molecule has 0 radical (unpaired) electrons. The Morgan fingerprint density at radius 2 is 1.76 bits per heavy atom. The van der Waals surface area contributed by atoms with Crippen LogP contribution in [-0.2, 0) is 0 Å². The van der Waals surface area contributed by atoms with Gasteiger partial charge in [0.2, 0.25) is 0 Å². The van der Waals surface area contributed by atoms with E-state index in [0.717, 1.165) is 4.88 Å². The van der Waals surface area contributed by atoms with E-state index >= 15 is 0 Å². The van der Waals surface area contributed by atoms with Gasteiger partial charge in [0.05, 0.1) is 6.26 Å². The van der Waals surface area contributed by atoms with Crippen LogP contribution in [0.2, 0.25) is 0 Å². The molecule has 8 heteroatoms. The molecule has 0 unspecified atom stereocenters. The number of aromatic nitrogens is 2. The Bertz CT molecular complexity index is 1150. The molecule has 3 aromatic heterocycles. The molecule has 7 nitrogen and oxygen atoms in total. The molecule has 3 heterocycles. The molecule has 2 N–H and O–H groups in total. The third-order valence-electron chi connectivity index (χ3n) is 4.06. The lowest BCUT2D eigenvalue weighted by molar-refractivity contribution is 0.101. The number of hydrogen-bond acceptors (Lipinski definition) is 6. The zero-order chi connectivity index (χ0) is 20.2. The minimum absolute atomic E-state index is 0.280. The Kier molecular flexibility index (Phi) is 5.17. The minimum Gasteiger partial charge on any atom is -0.462 e. The number of thiazole rings is 1. The van der Waals surface area contributed by atoms with Crippen LogP contribution in [-0.4, -0.2) is 21.8 Å². The second-order valence-electron chi connectivity index (χ2n) is 6.13. The van der Waals surface area contributed by atoms with Gasteiger partial charge in [-0.25, -0.2) is 4.98 Å². The number of amides is 2. The summed E-state index contributed by atoms with van der Waals surface area (Å²) in [6.07, 6.45) is 4.76. The van der Waals surface area contributed by atoms with Crippen molar-refractivity contribution in [3.63, 3.8) is 0 Å². The number of furan rings is 1. The number of pyridine rings is 1. The SMILES string of the molecule is Cc1sc(-c2ccco2)nc1C(=O)Nc1cccc(C(=O)Nc2ccncc2)c1. The average Bonchev–Trinajstić information content (AvgIpc) is 3.38. The second-order valence-corrected chi connectivity index (χ2v) is 7.33. The van der Waals surface area contributed by atoms with Crippen molar-refractivity contribution in [2.75, 3.05) is 10.6 Å². The summed E-state index contributed by atoms with van der Waals surface area (Å²) in [6, 6.07) is 13.7. The highest BCUT2D eigenvalue weighted by Gasteiger charge is 2.18. The van der Waals surface area contributed by atoms with Crippen molar-refractivity contribution < 1.29 is 14.0 Å². The molecular formula is C21H16N4O3S. The van der Waals surface area contributed by atoms with Crippen LogP contribution in [0.4, 0.5) is 11.4 Å². The fourth-order valence-corrected chi connectivity index (χ4v) is 3.56.